The molecule has 1 heterocycles. The van der Waals surface area contributed by atoms with Gasteiger partial charge in [0.25, 0.3) is 0 Å². The van der Waals surface area contributed by atoms with Gasteiger partial charge in [0.1, 0.15) is 5.82 Å². The van der Waals surface area contributed by atoms with E-state index in [1.807, 2.05) is 4.90 Å². The number of nitrogens with zero attached hydrogens (tertiary/aromatic N) is 1. The third-order valence-electron chi connectivity index (χ3n) is 3.38. The monoisotopic (exact) mass is 277 g/mol. The van der Waals surface area contributed by atoms with Crippen LogP contribution in [-0.2, 0) is 12.7 Å². The number of aliphatic hydroxyl groups is 1. The smallest absolute Gasteiger partial charge is 0.395 e. The minimum atomic E-state index is -4.54. The molecule has 0 amide bonds. The number of benzene rings is 1. The first kappa shape index (κ1) is 14.3. The molecule has 19 heavy (non-hydrogen) atoms. The second kappa shape index (κ2) is 5.46. The van der Waals surface area contributed by atoms with Crippen molar-refractivity contribution in [3.63, 3.8) is 0 Å². The van der Waals surface area contributed by atoms with Crippen molar-refractivity contribution < 1.29 is 22.7 Å². The first-order chi connectivity index (χ1) is 8.90. The average molecular weight is 277 g/mol. The molecule has 1 aromatic carbocycles. The molecule has 0 radical (unpaired) electrons. The lowest BCUT2D eigenvalue weighted by Crippen LogP contribution is -2.31. The van der Waals surface area contributed by atoms with Gasteiger partial charge in [0.2, 0.25) is 0 Å². The average Bonchev–Trinajstić information content (AvgIpc) is 2.74. The van der Waals surface area contributed by atoms with E-state index < -0.39 is 17.6 Å². The molecule has 0 aromatic heterocycles. The van der Waals surface area contributed by atoms with Crippen molar-refractivity contribution >= 4 is 0 Å². The normalized spacial score (nSPS) is 21.0. The van der Waals surface area contributed by atoms with Crippen LogP contribution < -0.4 is 0 Å². The second-order valence-electron chi connectivity index (χ2n) is 4.80. The van der Waals surface area contributed by atoms with Crippen molar-refractivity contribution in [1.82, 2.24) is 4.90 Å². The Morgan fingerprint density at radius 2 is 2.00 bits per heavy atom. The van der Waals surface area contributed by atoms with Crippen molar-refractivity contribution in [2.24, 2.45) is 0 Å². The molecule has 2 rings (SSSR count). The Labute approximate surface area is 108 Å². The van der Waals surface area contributed by atoms with Crippen molar-refractivity contribution in [2.45, 2.75) is 31.6 Å². The van der Waals surface area contributed by atoms with Gasteiger partial charge in [-0.25, -0.2) is 4.39 Å². The molecule has 1 aliphatic rings. The van der Waals surface area contributed by atoms with Crippen LogP contribution in [0.4, 0.5) is 17.6 Å². The largest absolute Gasteiger partial charge is 0.416 e. The SMILES string of the molecule is OC[C@H]1CCCN1Cc1cc(F)cc(C(F)(F)F)c1. The van der Waals surface area contributed by atoms with Gasteiger partial charge in [-0.1, -0.05) is 0 Å². The molecule has 0 spiro atoms. The summed E-state index contributed by atoms with van der Waals surface area (Å²) in [5.74, 6) is -0.885. The molecule has 1 fully saturated rings. The van der Waals surface area contributed by atoms with Crippen molar-refractivity contribution in [1.29, 1.82) is 0 Å². The molecule has 1 aliphatic heterocycles. The number of halogens is 4. The Morgan fingerprint density at radius 3 is 2.63 bits per heavy atom. The lowest BCUT2D eigenvalue weighted by atomic mass is 10.1. The van der Waals surface area contributed by atoms with Crippen LogP contribution in [0, 0.1) is 5.82 Å². The lowest BCUT2D eigenvalue weighted by Gasteiger charge is -2.23. The highest BCUT2D eigenvalue weighted by atomic mass is 19.4. The zero-order chi connectivity index (χ0) is 14.0. The summed E-state index contributed by atoms with van der Waals surface area (Å²) < 4.78 is 51.0. The maximum absolute atomic E-state index is 13.2. The molecule has 0 aliphatic carbocycles. The fourth-order valence-electron chi connectivity index (χ4n) is 2.45. The molecule has 1 aromatic rings. The highest BCUT2D eigenvalue weighted by Gasteiger charge is 2.32. The van der Waals surface area contributed by atoms with Crippen molar-refractivity contribution in [3.8, 4) is 0 Å². The van der Waals surface area contributed by atoms with E-state index in [4.69, 9.17) is 5.11 Å². The maximum atomic E-state index is 13.2. The molecule has 0 unspecified atom stereocenters. The van der Waals surface area contributed by atoms with E-state index in [2.05, 4.69) is 0 Å². The van der Waals surface area contributed by atoms with E-state index >= 15 is 0 Å². The summed E-state index contributed by atoms with van der Waals surface area (Å²) in [5, 5.41) is 9.16. The highest BCUT2D eigenvalue weighted by Crippen LogP contribution is 2.31. The molecule has 0 bridgehead atoms. The summed E-state index contributed by atoms with van der Waals surface area (Å²) in [7, 11) is 0. The number of rotatable bonds is 3. The number of hydrogen-bond donors (Lipinski definition) is 1. The highest BCUT2D eigenvalue weighted by molar-refractivity contribution is 5.27. The summed E-state index contributed by atoms with van der Waals surface area (Å²) in [6.07, 6.45) is -2.83. The molecule has 1 atom stereocenters. The fraction of sp³-hybridized carbons (Fsp3) is 0.538. The van der Waals surface area contributed by atoms with Crippen LogP contribution >= 0.6 is 0 Å². The molecule has 2 nitrogen and oxygen atoms in total. The predicted molar refractivity (Wildman–Crippen MR) is 61.9 cm³/mol. The zero-order valence-corrected chi connectivity index (χ0v) is 10.3. The summed E-state index contributed by atoms with van der Waals surface area (Å²) in [5.41, 5.74) is -0.685. The van der Waals surface area contributed by atoms with Gasteiger partial charge in [-0.15, -0.1) is 0 Å². The third-order valence-corrected chi connectivity index (χ3v) is 3.38. The number of alkyl halides is 3. The molecular weight excluding hydrogens is 262 g/mol. The van der Waals surface area contributed by atoms with Crippen LogP contribution in [0.3, 0.4) is 0 Å². The standard InChI is InChI=1S/C13H15F4NO/c14-11-5-9(4-10(6-11)13(15,16)17)7-18-3-1-2-12(18)8-19/h4-6,12,19H,1-3,7-8H2/t12-/m1/s1. The van der Waals surface area contributed by atoms with Gasteiger partial charge in [0, 0.05) is 12.6 Å². The van der Waals surface area contributed by atoms with Crippen molar-refractivity contribution in [2.75, 3.05) is 13.2 Å². The quantitative estimate of drug-likeness (QED) is 0.859. The Balaban J connectivity index is 2.18. The topological polar surface area (TPSA) is 23.5 Å². The van der Waals surface area contributed by atoms with Crippen LogP contribution in [0.2, 0.25) is 0 Å². The number of hydrogen-bond acceptors (Lipinski definition) is 2. The predicted octanol–water partition coefficient (Wildman–Crippen LogP) is 2.80. The van der Waals surface area contributed by atoms with E-state index in [1.165, 1.54) is 0 Å². The van der Waals surface area contributed by atoms with E-state index in [9.17, 15) is 17.6 Å². The van der Waals surface area contributed by atoms with E-state index in [0.29, 0.717) is 12.6 Å². The lowest BCUT2D eigenvalue weighted by molar-refractivity contribution is -0.137. The molecule has 1 saturated heterocycles. The molecule has 106 valence electrons. The summed E-state index contributed by atoms with van der Waals surface area (Å²) in [6.45, 7) is 0.913. The minimum absolute atomic E-state index is 0.0263. The fourth-order valence-corrected chi connectivity index (χ4v) is 2.45. The molecule has 0 saturated carbocycles. The second-order valence-corrected chi connectivity index (χ2v) is 4.80. The van der Waals surface area contributed by atoms with Crippen LogP contribution in [0.5, 0.6) is 0 Å². The van der Waals surface area contributed by atoms with Gasteiger partial charge in [0.05, 0.1) is 12.2 Å². The molecule has 1 N–H and O–H groups in total. The van der Waals surface area contributed by atoms with Gasteiger partial charge in [0.15, 0.2) is 0 Å². The Kier molecular flexibility index (Phi) is 4.10. The van der Waals surface area contributed by atoms with Crippen LogP contribution in [0.15, 0.2) is 18.2 Å². The van der Waals surface area contributed by atoms with Gasteiger partial charge in [-0.3, -0.25) is 4.90 Å². The van der Waals surface area contributed by atoms with Crippen LogP contribution in [0.25, 0.3) is 0 Å². The first-order valence-corrected chi connectivity index (χ1v) is 6.11. The third kappa shape index (κ3) is 3.45. The Bertz CT molecular complexity index is 447. The summed E-state index contributed by atoms with van der Waals surface area (Å²) >= 11 is 0. The van der Waals surface area contributed by atoms with Gasteiger partial charge in [-0.2, -0.15) is 13.2 Å². The Morgan fingerprint density at radius 1 is 1.26 bits per heavy atom. The molecular formula is C13H15F4NO. The Hall–Kier alpha value is -1.14. The van der Waals surface area contributed by atoms with E-state index in [-0.39, 0.29) is 24.8 Å². The molecule has 6 heteroatoms. The van der Waals surface area contributed by atoms with Crippen molar-refractivity contribution in [3.05, 3.63) is 35.1 Å². The van der Waals surface area contributed by atoms with Crippen LogP contribution in [-0.4, -0.2) is 29.2 Å². The van der Waals surface area contributed by atoms with Gasteiger partial charge < -0.3 is 5.11 Å². The summed E-state index contributed by atoms with van der Waals surface area (Å²) in [4.78, 5) is 1.88. The number of aliphatic hydroxyl groups excluding tert-OH is 1. The first-order valence-electron chi connectivity index (χ1n) is 6.11. The number of likely N-dealkylation sites (tertiary alicyclic amines) is 1. The zero-order valence-electron chi connectivity index (χ0n) is 10.3. The van der Waals surface area contributed by atoms with Crippen LogP contribution in [0.1, 0.15) is 24.0 Å². The summed E-state index contributed by atoms with van der Waals surface area (Å²) in [6, 6.07) is 2.53. The van der Waals surface area contributed by atoms with Gasteiger partial charge >= 0.3 is 6.18 Å². The van der Waals surface area contributed by atoms with E-state index in [0.717, 1.165) is 25.0 Å². The minimum Gasteiger partial charge on any atom is -0.395 e. The van der Waals surface area contributed by atoms with Gasteiger partial charge in [-0.05, 0) is 43.1 Å². The maximum Gasteiger partial charge on any atom is 0.416 e. The van der Waals surface area contributed by atoms with E-state index in [1.54, 1.807) is 0 Å².